The Bertz CT molecular complexity index is 1140. The summed E-state index contributed by atoms with van der Waals surface area (Å²) in [4.78, 5) is 11.5. The number of sulfonamides is 1. The number of hydrogen-bond donors (Lipinski definition) is 2. The molecule has 3 aromatic rings. The van der Waals surface area contributed by atoms with Crippen molar-refractivity contribution in [1.82, 2.24) is 10.2 Å². The number of hydrogen-bond acceptors (Lipinski definition) is 4. The molecule has 0 aliphatic rings. The third kappa shape index (κ3) is 4.51. The van der Waals surface area contributed by atoms with Gasteiger partial charge < -0.3 is 4.79 Å². The average Bonchev–Trinajstić information content (AvgIpc) is 3.00. The molecule has 1 aromatic heterocycles. The topological polar surface area (TPSA) is 91.9 Å². The second kappa shape index (κ2) is 7.89. The zero-order valence-electron chi connectivity index (χ0n) is 15.3. The van der Waals surface area contributed by atoms with Crippen LogP contribution in [0.15, 0.2) is 36.4 Å². The van der Waals surface area contributed by atoms with Gasteiger partial charge in [-0.05, 0) is 37.1 Å². The van der Waals surface area contributed by atoms with E-state index in [2.05, 4.69) is 14.9 Å². The van der Waals surface area contributed by atoms with Crippen molar-refractivity contribution in [2.75, 3.05) is 11.0 Å². The van der Waals surface area contributed by atoms with Gasteiger partial charge in [0.2, 0.25) is 10.0 Å². The van der Waals surface area contributed by atoms with Crippen LogP contribution in [0.2, 0.25) is 5.02 Å². The van der Waals surface area contributed by atoms with Crippen molar-refractivity contribution in [3.05, 3.63) is 58.5 Å². The molecule has 0 aliphatic carbocycles. The number of benzene rings is 2. The highest BCUT2D eigenvalue weighted by Gasteiger charge is 2.24. The Morgan fingerprint density at radius 1 is 1.32 bits per heavy atom. The normalized spacial score (nSPS) is 12.9. The van der Waals surface area contributed by atoms with Crippen LogP contribution in [0.3, 0.4) is 0 Å². The molecule has 148 valence electrons. The molecule has 28 heavy (non-hydrogen) atoms. The van der Waals surface area contributed by atoms with Crippen LogP contribution in [0.5, 0.6) is 0 Å². The lowest BCUT2D eigenvalue weighted by Crippen LogP contribution is -2.10. The second-order valence-corrected chi connectivity index (χ2v) is 8.86. The van der Waals surface area contributed by atoms with E-state index < -0.39 is 21.8 Å². The van der Waals surface area contributed by atoms with Gasteiger partial charge in [0.05, 0.1) is 17.6 Å². The number of nitrogens with one attached hydrogen (secondary N) is 2. The van der Waals surface area contributed by atoms with Crippen LogP contribution in [0.4, 0.5) is 10.1 Å². The van der Waals surface area contributed by atoms with Crippen molar-refractivity contribution in [2.24, 2.45) is 0 Å². The highest BCUT2D eigenvalue weighted by atomic mass is 35.5. The molecule has 0 saturated carbocycles. The quantitative estimate of drug-likeness (QED) is 0.594. The predicted molar refractivity (Wildman–Crippen MR) is 108 cm³/mol. The third-order valence-corrected chi connectivity index (χ3v) is 5.21. The standard InChI is InChI=1S/C19H19ClFN3O3S/c1-11(25)6-8-14(13-9-7-12(20)10-16(13)21)18-15-4-3-5-17(19(15)23-22-18)24-28(2,26)27/h3-5,7,9-10,14,24H,6,8H2,1-2H3,(H,22,23). The van der Waals surface area contributed by atoms with Crippen LogP contribution in [-0.4, -0.2) is 30.7 Å². The smallest absolute Gasteiger partial charge is 0.229 e. The fourth-order valence-corrected chi connectivity index (χ4v) is 3.92. The number of para-hydroxylation sites is 1. The van der Waals surface area contributed by atoms with E-state index in [-0.39, 0.29) is 17.2 Å². The van der Waals surface area contributed by atoms with Gasteiger partial charge in [-0.15, -0.1) is 0 Å². The van der Waals surface area contributed by atoms with Gasteiger partial charge in [-0.25, -0.2) is 12.8 Å². The molecule has 6 nitrogen and oxygen atoms in total. The number of halogens is 2. The molecule has 1 unspecified atom stereocenters. The number of aromatic amines is 1. The van der Waals surface area contributed by atoms with Gasteiger partial charge in [-0.1, -0.05) is 29.8 Å². The van der Waals surface area contributed by atoms with Gasteiger partial charge in [-0.2, -0.15) is 5.10 Å². The summed E-state index contributed by atoms with van der Waals surface area (Å²) in [6.07, 6.45) is 1.68. The summed E-state index contributed by atoms with van der Waals surface area (Å²) >= 11 is 5.87. The monoisotopic (exact) mass is 423 g/mol. The molecule has 0 aliphatic heterocycles. The number of aromatic nitrogens is 2. The largest absolute Gasteiger partial charge is 0.300 e. The van der Waals surface area contributed by atoms with Crippen LogP contribution in [-0.2, 0) is 14.8 Å². The SMILES string of the molecule is CC(=O)CCC(c1ccc(Cl)cc1F)c1[nH]nc2c(NS(C)(=O)=O)cccc12. The van der Waals surface area contributed by atoms with E-state index in [9.17, 15) is 17.6 Å². The van der Waals surface area contributed by atoms with E-state index in [0.29, 0.717) is 34.3 Å². The molecule has 0 bridgehead atoms. The van der Waals surface area contributed by atoms with Crippen molar-refractivity contribution in [2.45, 2.75) is 25.7 Å². The van der Waals surface area contributed by atoms with Crippen molar-refractivity contribution < 1.29 is 17.6 Å². The number of fused-ring (bicyclic) bond motifs is 1. The van der Waals surface area contributed by atoms with E-state index in [1.807, 2.05) is 0 Å². The van der Waals surface area contributed by atoms with Crippen LogP contribution in [0, 0.1) is 5.82 Å². The number of Topliss-reactive ketones (excluding diaryl/α,β-unsaturated/α-hetero) is 1. The Labute approximate surface area is 167 Å². The van der Waals surface area contributed by atoms with Crippen molar-refractivity contribution in [1.29, 1.82) is 0 Å². The molecule has 9 heteroatoms. The van der Waals surface area contributed by atoms with Gasteiger partial charge in [0.1, 0.15) is 17.1 Å². The van der Waals surface area contributed by atoms with Crippen LogP contribution >= 0.6 is 11.6 Å². The number of anilines is 1. The molecule has 2 aromatic carbocycles. The molecule has 1 atom stereocenters. The minimum absolute atomic E-state index is 0.0115. The second-order valence-electron chi connectivity index (χ2n) is 6.67. The van der Waals surface area contributed by atoms with Gasteiger partial charge in [-0.3, -0.25) is 9.82 Å². The van der Waals surface area contributed by atoms with E-state index in [4.69, 9.17) is 11.6 Å². The van der Waals surface area contributed by atoms with E-state index in [1.54, 1.807) is 30.3 Å². The molecular weight excluding hydrogens is 405 g/mol. The maximum atomic E-state index is 14.6. The molecule has 0 radical (unpaired) electrons. The van der Waals surface area contributed by atoms with Crippen molar-refractivity contribution in [3.63, 3.8) is 0 Å². The van der Waals surface area contributed by atoms with Gasteiger partial charge >= 0.3 is 0 Å². The van der Waals surface area contributed by atoms with Crippen LogP contribution < -0.4 is 4.72 Å². The summed E-state index contributed by atoms with van der Waals surface area (Å²) in [5.74, 6) is -0.962. The van der Waals surface area contributed by atoms with E-state index in [0.717, 1.165) is 6.26 Å². The Balaban J connectivity index is 2.13. The zero-order chi connectivity index (χ0) is 20.5. The van der Waals surface area contributed by atoms with E-state index >= 15 is 0 Å². The first-order valence-corrected chi connectivity index (χ1v) is 10.8. The highest BCUT2D eigenvalue weighted by molar-refractivity contribution is 7.92. The number of rotatable bonds is 7. The number of carbonyl (C=O) groups excluding carboxylic acids is 1. The summed E-state index contributed by atoms with van der Waals surface area (Å²) in [6, 6.07) is 9.48. The maximum Gasteiger partial charge on any atom is 0.229 e. The third-order valence-electron chi connectivity index (χ3n) is 4.38. The Morgan fingerprint density at radius 3 is 2.71 bits per heavy atom. The minimum Gasteiger partial charge on any atom is -0.300 e. The summed E-state index contributed by atoms with van der Waals surface area (Å²) in [7, 11) is -3.49. The molecule has 0 saturated heterocycles. The number of nitrogens with zero attached hydrogens (tertiary/aromatic N) is 1. The summed E-state index contributed by atoms with van der Waals surface area (Å²) in [5.41, 5.74) is 1.74. The fraction of sp³-hybridized carbons (Fsp3) is 0.263. The number of carbonyl (C=O) groups is 1. The minimum atomic E-state index is -3.49. The average molecular weight is 424 g/mol. The van der Waals surface area contributed by atoms with E-state index in [1.165, 1.54) is 13.0 Å². The molecule has 0 fully saturated rings. The molecule has 0 amide bonds. The summed E-state index contributed by atoms with van der Waals surface area (Å²) in [6.45, 7) is 1.48. The van der Waals surface area contributed by atoms with Crippen LogP contribution in [0.25, 0.3) is 10.9 Å². The maximum absolute atomic E-state index is 14.6. The number of H-pyrrole nitrogens is 1. The summed E-state index contributed by atoms with van der Waals surface area (Å²) < 4.78 is 40.3. The van der Waals surface area contributed by atoms with Gasteiger partial charge in [0, 0.05) is 22.7 Å². The Kier molecular flexibility index (Phi) is 5.71. The first-order chi connectivity index (χ1) is 13.2. The first kappa shape index (κ1) is 20.3. The van der Waals surface area contributed by atoms with Crippen molar-refractivity contribution >= 4 is 44.0 Å². The Morgan fingerprint density at radius 2 is 2.07 bits per heavy atom. The van der Waals surface area contributed by atoms with Gasteiger partial charge in [0.25, 0.3) is 0 Å². The lowest BCUT2D eigenvalue weighted by Gasteiger charge is -2.17. The lowest BCUT2D eigenvalue weighted by atomic mass is 9.88. The van der Waals surface area contributed by atoms with Crippen LogP contribution in [0.1, 0.15) is 36.9 Å². The van der Waals surface area contributed by atoms with Gasteiger partial charge in [0.15, 0.2) is 0 Å². The molecule has 0 spiro atoms. The number of ketones is 1. The van der Waals surface area contributed by atoms with Crippen molar-refractivity contribution in [3.8, 4) is 0 Å². The molecule has 3 rings (SSSR count). The highest BCUT2D eigenvalue weighted by Crippen LogP contribution is 2.36. The first-order valence-electron chi connectivity index (χ1n) is 8.55. The molecule has 1 heterocycles. The molecular formula is C19H19ClFN3O3S. The molecule has 2 N–H and O–H groups in total. The fourth-order valence-electron chi connectivity index (χ4n) is 3.19. The Hall–Kier alpha value is -2.45. The predicted octanol–water partition coefficient (Wildman–Crippen LogP) is 4.23. The lowest BCUT2D eigenvalue weighted by molar-refractivity contribution is -0.117. The zero-order valence-corrected chi connectivity index (χ0v) is 16.9. The summed E-state index contributed by atoms with van der Waals surface area (Å²) in [5, 5.41) is 8.07.